The number of nitriles is 1. The largest absolute Gasteiger partial charge is 0.488 e. The highest BCUT2D eigenvalue weighted by molar-refractivity contribution is 6.23. The van der Waals surface area contributed by atoms with Gasteiger partial charge in [-0.1, -0.05) is 27.7 Å². The number of piperazine rings is 1. The van der Waals surface area contributed by atoms with Crippen LogP contribution in [0.2, 0.25) is 0 Å². The van der Waals surface area contributed by atoms with Gasteiger partial charge in [0.1, 0.15) is 24.0 Å². The monoisotopic (exact) mass is 855 g/mol. The van der Waals surface area contributed by atoms with Gasteiger partial charge in [0, 0.05) is 92.6 Å². The fraction of sp³-hybridized carbons (Fsp3) is 0.447. The van der Waals surface area contributed by atoms with E-state index in [0.29, 0.717) is 35.8 Å². The molecule has 2 N–H and O–H groups in total. The smallest absolute Gasteiger partial charge is 0.262 e. The molecule has 1 saturated carbocycles. The summed E-state index contributed by atoms with van der Waals surface area (Å²) in [7, 11) is 0. The van der Waals surface area contributed by atoms with Crippen molar-refractivity contribution in [2.24, 2.45) is 16.7 Å². The molecule has 0 spiro atoms. The van der Waals surface area contributed by atoms with E-state index in [2.05, 4.69) is 36.5 Å². The van der Waals surface area contributed by atoms with E-state index in [0.717, 1.165) is 61.5 Å². The quantitative estimate of drug-likeness (QED) is 0.222. The van der Waals surface area contributed by atoms with E-state index in [9.17, 15) is 29.2 Å². The van der Waals surface area contributed by atoms with Gasteiger partial charge in [0.15, 0.2) is 11.6 Å². The number of amides is 5. The van der Waals surface area contributed by atoms with E-state index in [-0.39, 0.29) is 47.5 Å². The average Bonchev–Trinajstić information content (AvgIpc) is 3.52. The standard InChI is InChI=1S/C47H50FN9O6/c1-46(2)44(47(3,4)45(46)63-36-11-7-28(24-49)38-32(36)6-5-15-50-38)53-40(59)29-22-34(48)39(51-25-29)56-16-13-27(14-17-56)26-54-18-20-55(21-19-54)30-8-9-31-33(23-30)43(62)57(42(31)61)35-10-12-37(58)52-41(35)60/h5-9,11,15,22-23,25,27,35,44-45H,10,12-14,16-21,26H2,1-4H3,(H,53,59)(H,52,58,60). The number of aromatic nitrogens is 2. The first-order valence-corrected chi connectivity index (χ1v) is 21.6. The molecule has 0 bridgehead atoms. The highest BCUT2D eigenvalue weighted by Gasteiger charge is 2.64. The molecule has 15 nitrogen and oxygen atoms in total. The van der Waals surface area contributed by atoms with Crippen LogP contribution in [0.4, 0.5) is 15.9 Å². The molecule has 6 heterocycles. The molecule has 4 fully saturated rings. The van der Waals surface area contributed by atoms with Crippen molar-refractivity contribution in [1.29, 1.82) is 5.26 Å². The fourth-order valence-corrected chi connectivity index (χ4v) is 10.8. The summed E-state index contributed by atoms with van der Waals surface area (Å²) in [5.74, 6) is -1.71. The minimum atomic E-state index is -0.998. The van der Waals surface area contributed by atoms with Gasteiger partial charge in [-0.05, 0) is 73.7 Å². The number of carbonyl (C=O) groups is 5. The summed E-state index contributed by atoms with van der Waals surface area (Å²) in [6.45, 7) is 13.5. The number of anilines is 2. The van der Waals surface area contributed by atoms with E-state index >= 15 is 4.39 Å². The number of carbonyl (C=O) groups excluding carboxylic acids is 5. The molecule has 2 aromatic heterocycles. The van der Waals surface area contributed by atoms with Crippen LogP contribution in [0.15, 0.2) is 60.9 Å². The Labute approximate surface area is 364 Å². The van der Waals surface area contributed by atoms with Gasteiger partial charge in [0.25, 0.3) is 17.7 Å². The topological polar surface area (TPSA) is 181 Å². The summed E-state index contributed by atoms with van der Waals surface area (Å²) in [5.41, 5.74) is 1.61. The lowest BCUT2D eigenvalue weighted by atomic mass is 9.49. The second kappa shape index (κ2) is 16.0. The summed E-state index contributed by atoms with van der Waals surface area (Å²) >= 11 is 0. The summed E-state index contributed by atoms with van der Waals surface area (Å²) < 4.78 is 22.3. The normalized spacial score (nSPS) is 23.6. The first kappa shape index (κ1) is 41.9. The Morgan fingerprint density at radius 3 is 2.33 bits per heavy atom. The summed E-state index contributed by atoms with van der Waals surface area (Å²) in [6.07, 6.45) is 4.75. The molecule has 5 aliphatic rings. The van der Waals surface area contributed by atoms with Gasteiger partial charge < -0.3 is 19.9 Å². The van der Waals surface area contributed by atoms with Crippen LogP contribution in [0.3, 0.4) is 0 Å². The van der Waals surface area contributed by atoms with Crippen LogP contribution in [0.1, 0.15) is 90.0 Å². The number of pyridine rings is 2. The highest BCUT2D eigenvalue weighted by Crippen LogP contribution is 2.56. The van der Waals surface area contributed by atoms with Crippen molar-refractivity contribution in [2.45, 2.75) is 71.6 Å². The van der Waals surface area contributed by atoms with Gasteiger partial charge in [0.2, 0.25) is 11.8 Å². The zero-order valence-electron chi connectivity index (χ0n) is 35.8. The first-order valence-electron chi connectivity index (χ1n) is 21.6. The van der Waals surface area contributed by atoms with Gasteiger partial charge in [0.05, 0.1) is 27.8 Å². The zero-order chi connectivity index (χ0) is 44.4. The highest BCUT2D eigenvalue weighted by atomic mass is 19.1. The molecule has 0 radical (unpaired) electrons. The fourth-order valence-electron chi connectivity index (χ4n) is 10.8. The molecule has 3 saturated heterocycles. The van der Waals surface area contributed by atoms with Gasteiger partial charge in [-0.15, -0.1) is 0 Å². The number of imide groups is 2. The van der Waals surface area contributed by atoms with Crippen molar-refractivity contribution in [2.75, 3.05) is 55.6 Å². The van der Waals surface area contributed by atoms with E-state index in [4.69, 9.17) is 4.74 Å². The number of hydrogen-bond acceptors (Lipinski definition) is 12. The Morgan fingerprint density at radius 1 is 0.905 bits per heavy atom. The Hall–Kier alpha value is -6.47. The van der Waals surface area contributed by atoms with Crippen molar-refractivity contribution in [3.63, 3.8) is 0 Å². The van der Waals surface area contributed by atoms with E-state index in [1.807, 2.05) is 50.8 Å². The number of nitrogens with zero attached hydrogens (tertiary/aromatic N) is 7. The number of nitrogens with one attached hydrogen (secondary N) is 2. The van der Waals surface area contributed by atoms with Crippen LogP contribution < -0.4 is 25.2 Å². The molecule has 1 aliphatic carbocycles. The Balaban J connectivity index is 0.754. The number of fused-ring (bicyclic) bond motifs is 2. The molecule has 63 heavy (non-hydrogen) atoms. The third-order valence-corrected chi connectivity index (χ3v) is 13.9. The second-order valence-electron chi connectivity index (χ2n) is 18.6. The minimum absolute atomic E-state index is 0.0721. The van der Waals surface area contributed by atoms with Gasteiger partial charge >= 0.3 is 0 Å². The van der Waals surface area contributed by atoms with Crippen molar-refractivity contribution in [3.8, 4) is 11.8 Å². The van der Waals surface area contributed by atoms with Crippen molar-refractivity contribution in [3.05, 3.63) is 89.0 Å². The van der Waals surface area contributed by atoms with Crippen LogP contribution in [-0.4, -0.2) is 113 Å². The lowest BCUT2D eigenvalue weighted by Gasteiger charge is -2.63. The van der Waals surface area contributed by atoms with Crippen molar-refractivity contribution < 1.29 is 33.1 Å². The maximum atomic E-state index is 15.7. The lowest BCUT2D eigenvalue weighted by molar-refractivity contribution is -0.163. The molecule has 4 aliphatic heterocycles. The number of hydrogen-bond donors (Lipinski definition) is 2. The van der Waals surface area contributed by atoms with Gasteiger partial charge in [-0.25, -0.2) is 9.37 Å². The summed E-state index contributed by atoms with van der Waals surface area (Å²) in [4.78, 5) is 80.6. The number of halogens is 1. The van der Waals surface area contributed by atoms with Gasteiger partial charge in [-0.3, -0.25) is 44.1 Å². The predicted molar refractivity (Wildman–Crippen MR) is 231 cm³/mol. The first-order chi connectivity index (χ1) is 30.1. The molecule has 9 rings (SSSR count). The summed E-state index contributed by atoms with van der Waals surface area (Å²) in [6, 6.07) is 14.6. The third-order valence-electron chi connectivity index (χ3n) is 13.9. The van der Waals surface area contributed by atoms with Crippen LogP contribution in [-0.2, 0) is 9.59 Å². The average molecular weight is 856 g/mol. The van der Waals surface area contributed by atoms with Crippen molar-refractivity contribution in [1.82, 2.24) is 30.4 Å². The number of benzene rings is 2. The molecule has 2 aromatic carbocycles. The maximum Gasteiger partial charge on any atom is 0.262 e. The molecule has 4 aromatic rings. The van der Waals surface area contributed by atoms with Crippen LogP contribution in [0, 0.1) is 33.9 Å². The van der Waals surface area contributed by atoms with E-state index in [1.54, 1.807) is 30.5 Å². The molecule has 5 amide bonds. The molecule has 16 heteroatoms. The van der Waals surface area contributed by atoms with Crippen LogP contribution in [0.5, 0.6) is 5.75 Å². The maximum absolute atomic E-state index is 15.7. The zero-order valence-corrected chi connectivity index (χ0v) is 35.8. The Kier molecular flexibility index (Phi) is 10.6. The van der Waals surface area contributed by atoms with Crippen LogP contribution in [0.25, 0.3) is 10.9 Å². The van der Waals surface area contributed by atoms with E-state index < -0.39 is 52.2 Å². The van der Waals surface area contributed by atoms with Crippen LogP contribution >= 0.6 is 0 Å². The summed E-state index contributed by atoms with van der Waals surface area (Å²) in [5, 5.41) is 15.7. The molecule has 326 valence electrons. The minimum Gasteiger partial charge on any atom is -0.488 e. The van der Waals surface area contributed by atoms with Gasteiger partial charge in [-0.2, -0.15) is 5.26 Å². The molecular formula is C47H50FN9O6. The third kappa shape index (κ3) is 7.41. The Morgan fingerprint density at radius 2 is 1.63 bits per heavy atom. The number of rotatable bonds is 9. The Bertz CT molecular complexity index is 2580. The van der Waals surface area contributed by atoms with Crippen molar-refractivity contribution >= 4 is 51.9 Å². The number of piperidine rings is 2. The SMILES string of the molecule is CC1(C)C(NC(=O)c2cnc(N3CCC(CN4CCN(c5ccc6c(c5)C(=O)N(C5CCC(=O)NC5=O)C6=O)CC4)CC3)c(F)c2)C(C)(C)C1Oc1ccc(C#N)c2ncccc12. The molecule has 1 unspecified atom stereocenters. The lowest BCUT2D eigenvalue weighted by Crippen LogP contribution is -2.74. The predicted octanol–water partition coefficient (Wildman–Crippen LogP) is 4.69. The van der Waals surface area contributed by atoms with E-state index in [1.165, 1.54) is 12.3 Å². The second-order valence-corrected chi connectivity index (χ2v) is 18.6. The molecule has 1 atom stereocenters. The molecular weight excluding hydrogens is 806 g/mol. The number of ether oxygens (including phenoxy) is 1.